The zero-order chi connectivity index (χ0) is 7.49. The van der Waals surface area contributed by atoms with Gasteiger partial charge in [0.2, 0.25) is 0 Å². The summed E-state index contributed by atoms with van der Waals surface area (Å²) in [5.74, 6) is 1.12. The average molecular weight is 147 g/mol. The molecule has 0 amide bonds. The van der Waals surface area contributed by atoms with Gasteiger partial charge in [-0.25, -0.2) is 0 Å². The second kappa shape index (κ2) is 3.28. The van der Waals surface area contributed by atoms with Gasteiger partial charge in [0.25, 0.3) is 0 Å². The van der Waals surface area contributed by atoms with Crippen LogP contribution in [0.4, 0.5) is 0 Å². The zero-order valence-corrected chi connectivity index (χ0v) is 7.66. The van der Waals surface area contributed by atoms with Gasteiger partial charge in [0.05, 0.1) is 0 Å². The van der Waals surface area contributed by atoms with E-state index in [1.54, 1.807) is 0 Å². The van der Waals surface area contributed by atoms with E-state index in [0.717, 1.165) is 5.75 Å². The Morgan fingerprint density at radius 2 is 1.89 bits per heavy atom. The zero-order valence-electron chi connectivity index (χ0n) is 6.85. The molecule has 0 atom stereocenters. The number of nitrogens with zero attached hydrogens (tertiary/aromatic N) is 1. The SMILES string of the molecule is C=CCS(C)(C)N(C)C. The van der Waals surface area contributed by atoms with Crippen LogP contribution in [-0.4, -0.2) is 36.7 Å². The minimum Gasteiger partial charge on any atom is -0.274 e. The first-order chi connectivity index (χ1) is 4.00. The molecule has 0 aliphatic heterocycles. The average Bonchev–Trinajstić information content (AvgIpc) is 1.65. The quantitative estimate of drug-likeness (QED) is 0.549. The Balaban J connectivity index is 3.84. The first-order valence-corrected chi connectivity index (χ1v) is 5.57. The van der Waals surface area contributed by atoms with Gasteiger partial charge >= 0.3 is 0 Å². The lowest BCUT2D eigenvalue weighted by Crippen LogP contribution is -2.18. The molecular weight excluding hydrogens is 130 g/mol. The van der Waals surface area contributed by atoms with Gasteiger partial charge in [-0.2, -0.15) is 10.2 Å². The van der Waals surface area contributed by atoms with Crippen LogP contribution >= 0.6 is 10.2 Å². The largest absolute Gasteiger partial charge is 0.274 e. The summed E-state index contributed by atoms with van der Waals surface area (Å²) in [6.45, 7) is 3.72. The standard InChI is InChI=1S/C7H17NS/c1-6-7-9(4,5)8(2)3/h6H,1,7H2,2-5H3. The van der Waals surface area contributed by atoms with E-state index in [0.29, 0.717) is 0 Å². The van der Waals surface area contributed by atoms with Crippen molar-refractivity contribution in [3.63, 3.8) is 0 Å². The summed E-state index contributed by atoms with van der Waals surface area (Å²) in [4.78, 5) is 0. The lowest BCUT2D eigenvalue weighted by atomic mass is 10.8. The highest BCUT2D eigenvalue weighted by Crippen LogP contribution is 2.40. The molecule has 0 aromatic rings. The molecule has 1 nitrogen and oxygen atoms in total. The van der Waals surface area contributed by atoms with Crippen LogP contribution in [0, 0.1) is 0 Å². The normalized spacial score (nSPS) is 13.9. The second-order valence-electron chi connectivity index (χ2n) is 2.75. The molecule has 0 saturated heterocycles. The first kappa shape index (κ1) is 9.05. The van der Waals surface area contributed by atoms with Crippen LogP contribution in [-0.2, 0) is 0 Å². The topological polar surface area (TPSA) is 3.24 Å². The van der Waals surface area contributed by atoms with Crippen LogP contribution in [0.1, 0.15) is 0 Å². The van der Waals surface area contributed by atoms with Crippen LogP contribution in [0.25, 0.3) is 0 Å². The van der Waals surface area contributed by atoms with E-state index in [2.05, 4.69) is 37.5 Å². The van der Waals surface area contributed by atoms with E-state index in [1.165, 1.54) is 0 Å². The highest BCUT2D eigenvalue weighted by atomic mass is 32.3. The Bertz CT molecular complexity index is 97.1. The number of hydrogen-bond acceptors (Lipinski definition) is 1. The summed E-state index contributed by atoms with van der Waals surface area (Å²) in [5.41, 5.74) is 0. The van der Waals surface area contributed by atoms with E-state index in [4.69, 9.17) is 0 Å². The van der Waals surface area contributed by atoms with Crippen molar-refractivity contribution in [3.05, 3.63) is 12.7 Å². The summed E-state index contributed by atoms with van der Waals surface area (Å²) >= 11 is 0. The third-order valence-electron chi connectivity index (χ3n) is 1.51. The highest BCUT2D eigenvalue weighted by Gasteiger charge is 2.10. The highest BCUT2D eigenvalue weighted by molar-refractivity contribution is 8.30. The van der Waals surface area contributed by atoms with E-state index in [1.807, 2.05) is 6.08 Å². The number of rotatable bonds is 3. The summed E-state index contributed by atoms with van der Waals surface area (Å²) in [7, 11) is 3.71. The summed E-state index contributed by atoms with van der Waals surface area (Å²) in [5, 5.41) is 0. The Morgan fingerprint density at radius 1 is 1.44 bits per heavy atom. The molecule has 2 heteroatoms. The second-order valence-corrected chi connectivity index (χ2v) is 6.77. The maximum Gasteiger partial charge on any atom is 0.00647 e. The predicted octanol–water partition coefficient (Wildman–Crippen LogP) is 1.71. The molecule has 0 unspecified atom stereocenters. The molecule has 0 rings (SSSR count). The van der Waals surface area contributed by atoms with Gasteiger partial charge in [0, 0.05) is 5.75 Å². The van der Waals surface area contributed by atoms with Gasteiger partial charge < -0.3 is 0 Å². The lowest BCUT2D eigenvalue weighted by molar-refractivity contribution is 0.686. The van der Waals surface area contributed by atoms with E-state index in [-0.39, 0.29) is 0 Å². The number of hydrogen-bond donors (Lipinski definition) is 0. The molecule has 0 bridgehead atoms. The van der Waals surface area contributed by atoms with Crippen LogP contribution in [0.2, 0.25) is 0 Å². The Kier molecular flexibility index (Phi) is 3.30. The molecule has 0 aromatic heterocycles. The smallest absolute Gasteiger partial charge is 0.00647 e. The van der Waals surface area contributed by atoms with Crippen molar-refractivity contribution in [2.45, 2.75) is 0 Å². The van der Waals surface area contributed by atoms with Gasteiger partial charge in [0.15, 0.2) is 0 Å². The third kappa shape index (κ3) is 2.92. The molecule has 0 spiro atoms. The molecule has 9 heavy (non-hydrogen) atoms. The molecule has 0 fully saturated rings. The van der Waals surface area contributed by atoms with Gasteiger partial charge in [-0.05, 0) is 26.6 Å². The van der Waals surface area contributed by atoms with Gasteiger partial charge in [-0.3, -0.25) is 4.31 Å². The van der Waals surface area contributed by atoms with Crippen LogP contribution < -0.4 is 0 Å². The molecular formula is C7H17NS. The summed E-state index contributed by atoms with van der Waals surface area (Å²) < 4.78 is 2.29. The van der Waals surface area contributed by atoms with E-state index >= 15 is 0 Å². The maximum absolute atomic E-state index is 3.72. The van der Waals surface area contributed by atoms with Gasteiger partial charge in [-0.15, -0.1) is 6.58 Å². The van der Waals surface area contributed by atoms with Crippen molar-refractivity contribution >= 4 is 10.2 Å². The minimum absolute atomic E-state index is 0.533. The molecule has 0 N–H and O–H groups in total. The molecule has 56 valence electrons. The van der Waals surface area contributed by atoms with Crippen LogP contribution in [0.15, 0.2) is 12.7 Å². The molecule has 0 heterocycles. The molecule has 0 radical (unpaired) electrons. The molecule has 0 aliphatic carbocycles. The Labute approximate surface area is 60.2 Å². The van der Waals surface area contributed by atoms with Crippen molar-refractivity contribution in [2.24, 2.45) is 0 Å². The summed E-state index contributed by atoms with van der Waals surface area (Å²) in [6, 6.07) is 0. The Hall–Kier alpha value is 0.0500. The van der Waals surface area contributed by atoms with E-state index < -0.39 is 10.2 Å². The molecule has 0 saturated carbocycles. The molecule has 0 aliphatic rings. The van der Waals surface area contributed by atoms with Gasteiger partial charge in [0.1, 0.15) is 0 Å². The fourth-order valence-electron chi connectivity index (χ4n) is 0.437. The first-order valence-electron chi connectivity index (χ1n) is 3.00. The minimum atomic E-state index is -0.533. The van der Waals surface area contributed by atoms with Crippen molar-refractivity contribution in [1.29, 1.82) is 0 Å². The lowest BCUT2D eigenvalue weighted by Gasteiger charge is -2.37. The monoisotopic (exact) mass is 147 g/mol. The van der Waals surface area contributed by atoms with Crippen molar-refractivity contribution < 1.29 is 0 Å². The maximum atomic E-state index is 3.72. The predicted molar refractivity (Wildman–Crippen MR) is 48.2 cm³/mol. The van der Waals surface area contributed by atoms with Crippen molar-refractivity contribution in [3.8, 4) is 0 Å². The van der Waals surface area contributed by atoms with Crippen molar-refractivity contribution in [1.82, 2.24) is 4.31 Å². The van der Waals surface area contributed by atoms with Gasteiger partial charge in [-0.1, -0.05) is 6.08 Å². The Morgan fingerprint density at radius 3 is 2.00 bits per heavy atom. The molecule has 0 aromatic carbocycles. The fraction of sp³-hybridized carbons (Fsp3) is 0.714. The third-order valence-corrected chi connectivity index (χ3v) is 4.54. The summed E-state index contributed by atoms with van der Waals surface area (Å²) in [6.07, 6.45) is 6.57. The van der Waals surface area contributed by atoms with Crippen LogP contribution in [0.5, 0.6) is 0 Å². The van der Waals surface area contributed by atoms with Crippen LogP contribution in [0.3, 0.4) is 0 Å². The van der Waals surface area contributed by atoms with E-state index in [9.17, 15) is 0 Å². The van der Waals surface area contributed by atoms with Crippen molar-refractivity contribution in [2.75, 3.05) is 32.4 Å². The fourth-order valence-corrected chi connectivity index (χ4v) is 1.31.